The highest BCUT2D eigenvalue weighted by Gasteiger charge is 2.17. The maximum absolute atomic E-state index is 13.3. The summed E-state index contributed by atoms with van der Waals surface area (Å²) in [5, 5.41) is 11.2. The standard InChI is InChI=1S/C11H11BrFNO3/c1-6(15)14-10(5-11(16)17)7-2-3-8(12)9(13)4-7/h2-4,10H,5H2,1H3,(H,14,15)(H,16,17)/t10-/m1/s1. The Morgan fingerprint density at radius 1 is 1.53 bits per heavy atom. The van der Waals surface area contributed by atoms with E-state index in [0.29, 0.717) is 5.56 Å². The first kappa shape index (κ1) is 13.6. The summed E-state index contributed by atoms with van der Waals surface area (Å²) >= 11 is 3.00. The minimum atomic E-state index is -1.06. The minimum absolute atomic E-state index is 0.290. The largest absolute Gasteiger partial charge is 0.481 e. The van der Waals surface area contributed by atoms with E-state index in [1.165, 1.54) is 19.1 Å². The van der Waals surface area contributed by atoms with E-state index in [2.05, 4.69) is 21.2 Å². The van der Waals surface area contributed by atoms with Crippen molar-refractivity contribution in [1.82, 2.24) is 5.32 Å². The Morgan fingerprint density at radius 3 is 2.65 bits per heavy atom. The summed E-state index contributed by atoms with van der Waals surface area (Å²) in [6.45, 7) is 1.28. The van der Waals surface area contributed by atoms with Crippen molar-refractivity contribution in [2.45, 2.75) is 19.4 Å². The number of hydrogen-bond acceptors (Lipinski definition) is 2. The van der Waals surface area contributed by atoms with Crippen molar-refractivity contribution in [1.29, 1.82) is 0 Å². The molecule has 0 saturated carbocycles. The van der Waals surface area contributed by atoms with Crippen LogP contribution in [0.15, 0.2) is 22.7 Å². The van der Waals surface area contributed by atoms with Gasteiger partial charge in [0.05, 0.1) is 16.9 Å². The first-order valence-electron chi connectivity index (χ1n) is 4.84. The molecule has 0 saturated heterocycles. The highest BCUT2D eigenvalue weighted by molar-refractivity contribution is 9.10. The zero-order valence-electron chi connectivity index (χ0n) is 9.04. The molecule has 0 heterocycles. The molecule has 1 aromatic rings. The van der Waals surface area contributed by atoms with Crippen LogP contribution in [0.2, 0.25) is 0 Å². The lowest BCUT2D eigenvalue weighted by Gasteiger charge is -2.16. The first-order valence-corrected chi connectivity index (χ1v) is 5.63. The lowest BCUT2D eigenvalue weighted by atomic mass is 10.0. The molecule has 0 aliphatic rings. The van der Waals surface area contributed by atoms with E-state index in [9.17, 15) is 14.0 Å². The van der Waals surface area contributed by atoms with Gasteiger partial charge in [-0.25, -0.2) is 4.39 Å². The van der Waals surface area contributed by atoms with E-state index >= 15 is 0 Å². The fraction of sp³-hybridized carbons (Fsp3) is 0.273. The van der Waals surface area contributed by atoms with Gasteiger partial charge in [-0.05, 0) is 33.6 Å². The Bertz CT molecular complexity index is 434. The molecule has 0 spiro atoms. The first-order chi connectivity index (χ1) is 7.90. The molecule has 17 heavy (non-hydrogen) atoms. The van der Waals surface area contributed by atoms with Gasteiger partial charge in [-0.2, -0.15) is 0 Å². The predicted octanol–water partition coefficient (Wildman–Crippen LogP) is 2.24. The Balaban J connectivity index is 2.98. The molecule has 1 atom stereocenters. The fourth-order valence-electron chi connectivity index (χ4n) is 1.40. The van der Waals surface area contributed by atoms with Crippen LogP contribution in [0.4, 0.5) is 4.39 Å². The molecular formula is C11H11BrFNO3. The summed E-state index contributed by atoms with van der Waals surface area (Å²) in [5.41, 5.74) is 0.420. The third kappa shape index (κ3) is 4.14. The van der Waals surface area contributed by atoms with Crippen molar-refractivity contribution in [3.63, 3.8) is 0 Å². The number of aliphatic carboxylic acids is 1. The van der Waals surface area contributed by atoms with Crippen molar-refractivity contribution in [3.8, 4) is 0 Å². The molecule has 1 amide bonds. The van der Waals surface area contributed by atoms with Crippen LogP contribution in [0.5, 0.6) is 0 Å². The summed E-state index contributed by atoms with van der Waals surface area (Å²) in [4.78, 5) is 21.6. The number of hydrogen-bond donors (Lipinski definition) is 2. The van der Waals surface area contributed by atoms with Gasteiger partial charge >= 0.3 is 5.97 Å². The summed E-state index contributed by atoms with van der Waals surface area (Å²) in [6, 6.07) is 3.51. The average Bonchev–Trinajstić information content (AvgIpc) is 2.19. The molecule has 1 aromatic carbocycles. The Morgan fingerprint density at radius 2 is 2.18 bits per heavy atom. The van der Waals surface area contributed by atoms with Gasteiger partial charge in [0.1, 0.15) is 5.82 Å². The molecule has 0 aliphatic carbocycles. The van der Waals surface area contributed by atoms with Crippen LogP contribution in [0.3, 0.4) is 0 Å². The number of rotatable bonds is 4. The quantitative estimate of drug-likeness (QED) is 0.896. The van der Waals surface area contributed by atoms with Gasteiger partial charge in [-0.1, -0.05) is 6.07 Å². The lowest BCUT2D eigenvalue weighted by Crippen LogP contribution is -2.28. The lowest BCUT2D eigenvalue weighted by molar-refractivity contribution is -0.137. The van der Waals surface area contributed by atoms with Crippen molar-refractivity contribution in [2.75, 3.05) is 0 Å². The second-order valence-electron chi connectivity index (χ2n) is 3.52. The van der Waals surface area contributed by atoms with Crippen LogP contribution in [-0.4, -0.2) is 17.0 Å². The van der Waals surface area contributed by atoms with E-state index in [4.69, 9.17) is 5.11 Å². The van der Waals surface area contributed by atoms with Gasteiger partial charge in [-0.3, -0.25) is 9.59 Å². The van der Waals surface area contributed by atoms with Gasteiger partial charge < -0.3 is 10.4 Å². The highest BCUT2D eigenvalue weighted by atomic mass is 79.9. The summed E-state index contributed by atoms with van der Waals surface area (Å²) < 4.78 is 13.6. The summed E-state index contributed by atoms with van der Waals surface area (Å²) in [6.07, 6.45) is -0.291. The molecule has 0 fully saturated rings. The highest BCUT2D eigenvalue weighted by Crippen LogP contribution is 2.22. The molecule has 0 radical (unpaired) electrons. The number of nitrogens with one attached hydrogen (secondary N) is 1. The number of carbonyl (C=O) groups is 2. The second kappa shape index (κ2) is 5.77. The molecule has 4 nitrogen and oxygen atoms in total. The molecule has 2 N–H and O–H groups in total. The molecule has 0 unspecified atom stereocenters. The van der Waals surface area contributed by atoms with Crippen molar-refractivity contribution >= 4 is 27.8 Å². The van der Waals surface area contributed by atoms with Crippen LogP contribution < -0.4 is 5.32 Å². The van der Waals surface area contributed by atoms with Crippen molar-refractivity contribution in [3.05, 3.63) is 34.1 Å². The van der Waals surface area contributed by atoms with Gasteiger partial charge in [-0.15, -0.1) is 0 Å². The number of amides is 1. The third-order valence-electron chi connectivity index (χ3n) is 2.10. The Hall–Kier alpha value is -1.43. The van der Waals surface area contributed by atoms with E-state index in [-0.39, 0.29) is 16.8 Å². The van der Waals surface area contributed by atoms with Crippen molar-refractivity contribution < 1.29 is 19.1 Å². The Labute approximate surface area is 106 Å². The van der Waals surface area contributed by atoms with Gasteiger partial charge in [0.2, 0.25) is 5.91 Å². The SMILES string of the molecule is CC(=O)N[C@H](CC(=O)O)c1ccc(Br)c(F)c1. The number of benzene rings is 1. The molecule has 6 heteroatoms. The van der Waals surface area contributed by atoms with Crippen LogP contribution in [0.1, 0.15) is 24.9 Å². The molecule has 0 aliphatic heterocycles. The summed E-state index contributed by atoms with van der Waals surface area (Å²) in [7, 11) is 0. The van der Waals surface area contributed by atoms with Gasteiger partial charge in [0.25, 0.3) is 0 Å². The zero-order valence-corrected chi connectivity index (χ0v) is 10.6. The molecular weight excluding hydrogens is 293 g/mol. The topological polar surface area (TPSA) is 66.4 Å². The van der Waals surface area contributed by atoms with Crippen molar-refractivity contribution in [2.24, 2.45) is 0 Å². The second-order valence-corrected chi connectivity index (χ2v) is 4.38. The minimum Gasteiger partial charge on any atom is -0.481 e. The third-order valence-corrected chi connectivity index (χ3v) is 2.75. The van der Waals surface area contributed by atoms with Crippen LogP contribution in [0, 0.1) is 5.82 Å². The van der Waals surface area contributed by atoms with Gasteiger partial charge in [0, 0.05) is 6.92 Å². The predicted molar refractivity (Wildman–Crippen MR) is 62.9 cm³/mol. The van der Waals surface area contributed by atoms with Crippen LogP contribution >= 0.6 is 15.9 Å². The number of halogens is 2. The molecule has 0 bridgehead atoms. The molecule has 92 valence electrons. The fourth-order valence-corrected chi connectivity index (χ4v) is 1.65. The maximum Gasteiger partial charge on any atom is 0.305 e. The number of carbonyl (C=O) groups excluding carboxylic acids is 1. The monoisotopic (exact) mass is 303 g/mol. The van der Waals surface area contributed by atoms with E-state index < -0.39 is 17.8 Å². The van der Waals surface area contributed by atoms with E-state index in [1.54, 1.807) is 6.07 Å². The maximum atomic E-state index is 13.3. The van der Waals surface area contributed by atoms with E-state index in [1.807, 2.05) is 0 Å². The van der Waals surface area contributed by atoms with Gasteiger partial charge in [0.15, 0.2) is 0 Å². The van der Waals surface area contributed by atoms with Crippen LogP contribution in [-0.2, 0) is 9.59 Å². The number of carboxylic acids is 1. The summed E-state index contributed by atoms with van der Waals surface area (Å²) in [5.74, 6) is -1.92. The van der Waals surface area contributed by atoms with E-state index in [0.717, 1.165) is 0 Å². The molecule has 1 rings (SSSR count). The normalized spacial score (nSPS) is 11.9. The van der Waals surface area contributed by atoms with Crippen LogP contribution in [0.25, 0.3) is 0 Å². The molecule has 0 aromatic heterocycles. The smallest absolute Gasteiger partial charge is 0.305 e. The zero-order chi connectivity index (χ0) is 13.0. The Kier molecular flexibility index (Phi) is 4.62. The number of carboxylic acid groups (broad SMARTS) is 1. The average molecular weight is 304 g/mol.